The van der Waals surface area contributed by atoms with Crippen LogP contribution in [0, 0.1) is 24.6 Å². The van der Waals surface area contributed by atoms with Crippen LogP contribution in [0.5, 0.6) is 0 Å². The first-order chi connectivity index (χ1) is 11.0. The van der Waals surface area contributed by atoms with Crippen molar-refractivity contribution < 1.29 is 18.8 Å². The molecular formula is C17H19FN2O3. The number of nitrogens with one attached hydrogen (secondary N) is 1. The first-order valence-electron chi connectivity index (χ1n) is 7.88. The van der Waals surface area contributed by atoms with Crippen LogP contribution in [0.1, 0.15) is 31.2 Å². The standard InChI is InChI=1S/C17H19FN2O3/c1-10-6-7-11(8-14(10)18)19-15(21)9-20-16(22)12-4-2-3-5-13(12)17(20)23/h6-8,12-13H,2-5,9H2,1H3,(H,19,21)/t12-,13-/m1/s1. The summed E-state index contributed by atoms with van der Waals surface area (Å²) in [6, 6.07) is 4.37. The lowest BCUT2D eigenvalue weighted by Gasteiger charge is -2.19. The second kappa shape index (κ2) is 6.10. The molecule has 1 heterocycles. The van der Waals surface area contributed by atoms with Crippen LogP contribution in [0.3, 0.4) is 0 Å². The molecule has 3 rings (SSSR count). The van der Waals surface area contributed by atoms with Crippen molar-refractivity contribution in [3.63, 3.8) is 0 Å². The fraction of sp³-hybridized carbons (Fsp3) is 0.471. The molecule has 1 aliphatic heterocycles. The third-order valence-electron chi connectivity index (χ3n) is 4.69. The lowest BCUT2D eigenvalue weighted by atomic mass is 9.81. The quantitative estimate of drug-likeness (QED) is 0.869. The minimum absolute atomic E-state index is 0.245. The van der Waals surface area contributed by atoms with Gasteiger partial charge in [-0.15, -0.1) is 0 Å². The number of imide groups is 1. The van der Waals surface area contributed by atoms with Crippen molar-refractivity contribution in [3.05, 3.63) is 29.6 Å². The largest absolute Gasteiger partial charge is 0.324 e. The number of anilines is 1. The average Bonchev–Trinajstić information content (AvgIpc) is 2.76. The van der Waals surface area contributed by atoms with Crippen molar-refractivity contribution >= 4 is 23.4 Å². The zero-order chi connectivity index (χ0) is 16.6. The number of halogens is 1. The molecule has 6 heteroatoms. The van der Waals surface area contributed by atoms with Gasteiger partial charge in [0.2, 0.25) is 17.7 Å². The van der Waals surface area contributed by atoms with E-state index in [1.54, 1.807) is 19.1 Å². The van der Waals surface area contributed by atoms with Gasteiger partial charge in [-0.05, 0) is 37.5 Å². The van der Waals surface area contributed by atoms with Gasteiger partial charge in [-0.2, -0.15) is 0 Å². The number of nitrogens with zero attached hydrogens (tertiary/aromatic N) is 1. The van der Waals surface area contributed by atoms with Gasteiger partial charge < -0.3 is 5.32 Å². The number of carbonyl (C=O) groups is 3. The molecule has 1 saturated carbocycles. The van der Waals surface area contributed by atoms with Crippen molar-refractivity contribution in [2.24, 2.45) is 11.8 Å². The van der Waals surface area contributed by atoms with Crippen molar-refractivity contribution in [3.8, 4) is 0 Å². The van der Waals surface area contributed by atoms with E-state index in [0.29, 0.717) is 11.3 Å². The topological polar surface area (TPSA) is 66.5 Å². The van der Waals surface area contributed by atoms with Gasteiger partial charge in [0.05, 0.1) is 11.8 Å². The number of hydrogen-bond acceptors (Lipinski definition) is 3. The second-order valence-electron chi connectivity index (χ2n) is 6.27. The summed E-state index contributed by atoms with van der Waals surface area (Å²) in [5.74, 6) is -1.92. The summed E-state index contributed by atoms with van der Waals surface area (Å²) in [7, 11) is 0. The van der Waals surface area contributed by atoms with E-state index < -0.39 is 11.7 Å². The van der Waals surface area contributed by atoms with E-state index in [1.165, 1.54) is 6.07 Å². The molecule has 2 atom stereocenters. The van der Waals surface area contributed by atoms with Gasteiger partial charge in [0.25, 0.3) is 0 Å². The molecule has 1 saturated heterocycles. The van der Waals surface area contributed by atoms with E-state index in [2.05, 4.69) is 5.32 Å². The lowest BCUT2D eigenvalue weighted by molar-refractivity contribution is -0.142. The molecule has 0 spiro atoms. The monoisotopic (exact) mass is 318 g/mol. The van der Waals surface area contributed by atoms with Crippen LogP contribution in [0.15, 0.2) is 18.2 Å². The fourth-order valence-electron chi connectivity index (χ4n) is 3.40. The Labute approximate surface area is 133 Å². The maximum Gasteiger partial charge on any atom is 0.244 e. The molecule has 0 radical (unpaired) electrons. The van der Waals surface area contributed by atoms with Gasteiger partial charge in [-0.1, -0.05) is 18.9 Å². The van der Waals surface area contributed by atoms with Crippen LogP contribution in [-0.2, 0) is 14.4 Å². The lowest BCUT2D eigenvalue weighted by Crippen LogP contribution is -2.38. The van der Waals surface area contributed by atoms with Crippen molar-refractivity contribution in [1.29, 1.82) is 0 Å². The summed E-state index contributed by atoms with van der Waals surface area (Å²) in [5, 5.41) is 2.53. The van der Waals surface area contributed by atoms with Gasteiger partial charge in [0, 0.05) is 5.69 Å². The normalized spacial score (nSPS) is 23.8. The number of carbonyl (C=O) groups excluding carboxylic acids is 3. The average molecular weight is 318 g/mol. The number of fused-ring (bicyclic) bond motifs is 1. The zero-order valence-electron chi connectivity index (χ0n) is 13.0. The van der Waals surface area contributed by atoms with Crippen molar-refractivity contribution in [2.75, 3.05) is 11.9 Å². The third-order valence-corrected chi connectivity index (χ3v) is 4.69. The summed E-state index contributed by atoms with van der Waals surface area (Å²) < 4.78 is 13.5. The molecular weight excluding hydrogens is 299 g/mol. The highest BCUT2D eigenvalue weighted by Gasteiger charge is 2.48. The Balaban J connectivity index is 1.66. The number of rotatable bonds is 3. The molecule has 3 amide bonds. The van der Waals surface area contributed by atoms with E-state index >= 15 is 0 Å². The molecule has 1 aromatic rings. The summed E-state index contributed by atoms with van der Waals surface area (Å²) >= 11 is 0. The van der Waals surface area contributed by atoms with E-state index in [0.717, 1.165) is 30.6 Å². The van der Waals surface area contributed by atoms with E-state index in [1.807, 2.05) is 0 Å². The smallest absolute Gasteiger partial charge is 0.244 e. The SMILES string of the molecule is Cc1ccc(NC(=O)CN2C(=O)[C@@H]3CCCC[C@H]3C2=O)cc1F. The molecule has 2 aliphatic rings. The first-order valence-corrected chi connectivity index (χ1v) is 7.88. The molecule has 122 valence electrons. The number of benzene rings is 1. The minimum atomic E-state index is -0.492. The molecule has 1 N–H and O–H groups in total. The third kappa shape index (κ3) is 2.98. The highest BCUT2D eigenvalue weighted by Crippen LogP contribution is 2.37. The molecule has 0 aromatic heterocycles. The molecule has 1 aromatic carbocycles. The summed E-state index contributed by atoms with van der Waals surface area (Å²) in [4.78, 5) is 37.7. The van der Waals surface area contributed by atoms with Crippen LogP contribution in [0.2, 0.25) is 0 Å². The number of amides is 3. The predicted molar refractivity (Wildman–Crippen MR) is 81.9 cm³/mol. The van der Waals surface area contributed by atoms with Gasteiger partial charge in [-0.3, -0.25) is 19.3 Å². The molecule has 5 nitrogen and oxygen atoms in total. The molecule has 0 bridgehead atoms. The summed E-state index contributed by atoms with van der Waals surface area (Å²) in [5.41, 5.74) is 0.798. The first kappa shape index (κ1) is 15.6. The Morgan fingerprint density at radius 2 is 1.83 bits per heavy atom. The number of hydrogen-bond donors (Lipinski definition) is 1. The Hall–Kier alpha value is -2.24. The van der Waals surface area contributed by atoms with Gasteiger partial charge in [-0.25, -0.2) is 4.39 Å². The fourth-order valence-corrected chi connectivity index (χ4v) is 3.40. The summed E-state index contributed by atoms with van der Waals surface area (Å²) in [6.07, 6.45) is 3.33. The van der Waals surface area contributed by atoms with E-state index in [4.69, 9.17) is 0 Å². The highest BCUT2D eigenvalue weighted by atomic mass is 19.1. The zero-order valence-corrected chi connectivity index (χ0v) is 13.0. The van der Waals surface area contributed by atoms with Crippen LogP contribution in [0.25, 0.3) is 0 Å². The molecule has 2 fully saturated rings. The number of likely N-dealkylation sites (tertiary alicyclic amines) is 1. The van der Waals surface area contributed by atoms with Crippen molar-refractivity contribution in [2.45, 2.75) is 32.6 Å². The maximum absolute atomic E-state index is 13.5. The number of aryl methyl sites for hydroxylation is 1. The summed E-state index contributed by atoms with van der Waals surface area (Å²) in [6.45, 7) is 1.32. The molecule has 23 heavy (non-hydrogen) atoms. The maximum atomic E-state index is 13.5. The van der Waals surface area contributed by atoms with Crippen LogP contribution >= 0.6 is 0 Å². The van der Waals surface area contributed by atoms with Gasteiger partial charge in [0.15, 0.2) is 0 Å². The van der Waals surface area contributed by atoms with Crippen LogP contribution in [0.4, 0.5) is 10.1 Å². The Kier molecular flexibility index (Phi) is 4.15. The predicted octanol–water partition coefficient (Wildman–Crippen LogP) is 2.25. The van der Waals surface area contributed by atoms with Crippen molar-refractivity contribution in [1.82, 2.24) is 4.90 Å². The van der Waals surface area contributed by atoms with Gasteiger partial charge >= 0.3 is 0 Å². The van der Waals surface area contributed by atoms with E-state index in [9.17, 15) is 18.8 Å². The van der Waals surface area contributed by atoms with Crippen LogP contribution < -0.4 is 5.32 Å². The second-order valence-corrected chi connectivity index (χ2v) is 6.27. The molecule has 1 aliphatic carbocycles. The Morgan fingerprint density at radius 1 is 1.22 bits per heavy atom. The van der Waals surface area contributed by atoms with E-state index in [-0.39, 0.29) is 30.2 Å². The molecule has 0 unspecified atom stereocenters. The highest BCUT2D eigenvalue weighted by molar-refractivity contribution is 6.08. The van der Waals surface area contributed by atoms with Crippen LogP contribution in [-0.4, -0.2) is 29.2 Å². The Morgan fingerprint density at radius 3 is 2.39 bits per heavy atom. The van der Waals surface area contributed by atoms with Gasteiger partial charge in [0.1, 0.15) is 12.4 Å². The minimum Gasteiger partial charge on any atom is -0.324 e. The Bertz CT molecular complexity index is 650.